The van der Waals surface area contributed by atoms with Gasteiger partial charge in [0.25, 0.3) is 0 Å². The lowest BCUT2D eigenvalue weighted by Gasteiger charge is -2.20. The van der Waals surface area contributed by atoms with E-state index >= 15 is 0 Å². The standard InChI is InChI=1S/C12H15BrN4/c1-16(8-10-5-6-17(2)15-10)12-4-3-9(13)7-11(12)14/h3-7H,8,14H2,1-2H3. The summed E-state index contributed by atoms with van der Waals surface area (Å²) in [4.78, 5) is 2.09. The van der Waals surface area contributed by atoms with Crippen molar-refractivity contribution in [1.82, 2.24) is 9.78 Å². The van der Waals surface area contributed by atoms with Crippen LogP contribution in [0.1, 0.15) is 5.69 Å². The van der Waals surface area contributed by atoms with Gasteiger partial charge in [-0.1, -0.05) is 15.9 Å². The van der Waals surface area contributed by atoms with Crippen LogP contribution in [0.15, 0.2) is 34.9 Å². The average molecular weight is 295 g/mol. The number of anilines is 2. The van der Waals surface area contributed by atoms with Crippen molar-refractivity contribution in [2.24, 2.45) is 7.05 Å². The molecule has 0 spiro atoms. The molecule has 0 saturated carbocycles. The molecule has 4 nitrogen and oxygen atoms in total. The van der Waals surface area contributed by atoms with Crippen molar-refractivity contribution in [2.75, 3.05) is 17.7 Å². The smallest absolute Gasteiger partial charge is 0.0817 e. The molecule has 0 aliphatic heterocycles. The quantitative estimate of drug-likeness (QED) is 0.885. The zero-order valence-corrected chi connectivity index (χ0v) is 11.5. The fraction of sp³-hybridized carbons (Fsp3) is 0.250. The number of nitrogen functional groups attached to an aromatic ring is 1. The molecular formula is C12H15BrN4. The summed E-state index contributed by atoms with van der Waals surface area (Å²) in [6.45, 7) is 0.743. The van der Waals surface area contributed by atoms with Gasteiger partial charge in [-0.2, -0.15) is 5.10 Å². The predicted octanol–water partition coefficient (Wildman–Crippen LogP) is 2.40. The second-order valence-electron chi connectivity index (χ2n) is 4.04. The minimum Gasteiger partial charge on any atom is -0.397 e. The minimum absolute atomic E-state index is 0.743. The zero-order chi connectivity index (χ0) is 12.4. The Bertz CT molecular complexity index is 521. The number of hydrogen-bond acceptors (Lipinski definition) is 3. The first kappa shape index (κ1) is 12.0. The first-order valence-corrected chi connectivity index (χ1v) is 6.10. The molecule has 17 heavy (non-hydrogen) atoms. The van der Waals surface area contributed by atoms with Gasteiger partial charge in [-0.05, 0) is 24.3 Å². The molecule has 5 heteroatoms. The third-order valence-electron chi connectivity index (χ3n) is 2.57. The SMILES string of the molecule is CN(Cc1ccn(C)n1)c1ccc(Br)cc1N. The van der Waals surface area contributed by atoms with Crippen LogP contribution in [0.4, 0.5) is 11.4 Å². The van der Waals surface area contributed by atoms with Gasteiger partial charge in [0.1, 0.15) is 0 Å². The first-order valence-electron chi connectivity index (χ1n) is 5.31. The molecule has 1 aromatic heterocycles. The molecule has 0 radical (unpaired) electrons. The summed E-state index contributed by atoms with van der Waals surface area (Å²) >= 11 is 3.40. The Morgan fingerprint density at radius 1 is 1.41 bits per heavy atom. The number of nitrogens with two attached hydrogens (primary N) is 1. The van der Waals surface area contributed by atoms with Crippen molar-refractivity contribution in [3.63, 3.8) is 0 Å². The van der Waals surface area contributed by atoms with Gasteiger partial charge in [-0.15, -0.1) is 0 Å². The Kier molecular flexibility index (Phi) is 3.38. The Labute approximate surface area is 109 Å². The second-order valence-corrected chi connectivity index (χ2v) is 4.96. The lowest BCUT2D eigenvalue weighted by Crippen LogP contribution is -2.18. The van der Waals surface area contributed by atoms with Gasteiger partial charge in [-0.3, -0.25) is 4.68 Å². The van der Waals surface area contributed by atoms with Crippen LogP contribution in [-0.4, -0.2) is 16.8 Å². The van der Waals surface area contributed by atoms with Gasteiger partial charge >= 0.3 is 0 Å². The van der Waals surface area contributed by atoms with Crippen LogP contribution in [0, 0.1) is 0 Å². The van der Waals surface area contributed by atoms with Gasteiger partial charge in [-0.25, -0.2) is 0 Å². The molecule has 0 aliphatic carbocycles. The topological polar surface area (TPSA) is 47.1 Å². The highest BCUT2D eigenvalue weighted by molar-refractivity contribution is 9.10. The molecule has 0 amide bonds. The summed E-state index contributed by atoms with van der Waals surface area (Å²) in [5, 5.41) is 4.35. The normalized spacial score (nSPS) is 10.5. The van der Waals surface area contributed by atoms with Crippen molar-refractivity contribution in [2.45, 2.75) is 6.54 Å². The number of rotatable bonds is 3. The molecule has 0 saturated heterocycles. The van der Waals surface area contributed by atoms with Crippen LogP contribution in [-0.2, 0) is 13.6 Å². The molecule has 0 unspecified atom stereocenters. The van der Waals surface area contributed by atoms with Crippen molar-refractivity contribution < 1.29 is 0 Å². The maximum Gasteiger partial charge on any atom is 0.0817 e. The summed E-state index contributed by atoms with van der Waals surface area (Å²) in [6, 6.07) is 7.90. The zero-order valence-electron chi connectivity index (χ0n) is 9.89. The van der Waals surface area contributed by atoms with Crippen LogP contribution in [0.25, 0.3) is 0 Å². The predicted molar refractivity (Wildman–Crippen MR) is 73.9 cm³/mol. The lowest BCUT2D eigenvalue weighted by atomic mass is 10.2. The molecule has 1 aromatic carbocycles. The van der Waals surface area contributed by atoms with Crippen LogP contribution in [0.2, 0.25) is 0 Å². The fourth-order valence-electron chi connectivity index (χ4n) is 1.75. The highest BCUT2D eigenvalue weighted by atomic mass is 79.9. The Hall–Kier alpha value is -1.49. The molecule has 90 valence electrons. The molecular weight excluding hydrogens is 280 g/mol. The molecule has 0 aliphatic rings. The van der Waals surface area contributed by atoms with Crippen molar-refractivity contribution in [3.05, 3.63) is 40.6 Å². The summed E-state index contributed by atoms with van der Waals surface area (Å²) in [6.07, 6.45) is 1.94. The number of benzene rings is 1. The summed E-state index contributed by atoms with van der Waals surface area (Å²) in [7, 11) is 3.92. The summed E-state index contributed by atoms with van der Waals surface area (Å²) < 4.78 is 2.79. The third kappa shape index (κ3) is 2.79. The van der Waals surface area contributed by atoms with E-state index in [0.29, 0.717) is 0 Å². The van der Waals surface area contributed by atoms with E-state index in [2.05, 4.69) is 25.9 Å². The van der Waals surface area contributed by atoms with E-state index in [9.17, 15) is 0 Å². The van der Waals surface area contributed by atoms with E-state index < -0.39 is 0 Å². The largest absolute Gasteiger partial charge is 0.397 e. The van der Waals surface area contributed by atoms with E-state index in [1.807, 2.05) is 44.6 Å². The van der Waals surface area contributed by atoms with Gasteiger partial charge < -0.3 is 10.6 Å². The highest BCUT2D eigenvalue weighted by Gasteiger charge is 2.07. The molecule has 2 rings (SSSR count). The summed E-state index contributed by atoms with van der Waals surface area (Å²) in [5.74, 6) is 0. The number of halogens is 1. The van der Waals surface area contributed by atoms with Crippen LogP contribution >= 0.6 is 15.9 Å². The van der Waals surface area contributed by atoms with Crippen molar-refractivity contribution in [1.29, 1.82) is 0 Å². The third-order valence-corrected chi connectivity index (χ3v) is 3.06. The van der Waals surface area contributed by atoms with Crippen LogP contribution < -0.4 is 10.6 Å². The van der Waals surface area contributed by atoms with Crippen molar-refractivity contribution in [3.8, 4) is 0 Å². The average Bonchev–Trinajstić information content (AvgIpc) is 2.63. The molecule has 2 aromatic rings. The van der Waals surface area contributed by atoms with Gasteiger partial charge in [0.15, 0.2) is 0 Å². The number of aromatic nitrogens is 2. The Morgan fingerprint density at radius 2 is 2.18 bits per heavy atom. The number of nitrogens with zero attached hydrogens (tertiary/aromatic N) is 3. The summed E-state index contributed by atoms with van der Waals surface area (Å²) in [5.41, 5.74) is 8.78. The molecule has 0 fully saturated rings. The number of aryl methyl sites for hydroxylation is 1. The Balaban J connectivity index is 2.17. The maximum atomic E-state index is 5.98. The maximum absolute atomic E-state index is 5.98. The van der Waals surface area contributed by atoms with E-state index in [-0.39, 0.29) is 0 Å². The highest BCUT2D eigenvalue weighted by Crippen LogP contribution is 2.26. The van der Waals surface area contributed by atoms with E-state index in [1.165, 1.54) is 0 Å². The fourth-order valence-corrected chi connectivity index (χ4v) is 2.13. The van der Waals surface area contributed by atoms with Gasteiger partial charge in [0.2, 0.25) is 0 Å². The van der Waals surface area contributed by atoms with Gasteiger partial charge in [0, 0.05) is 24.8 Å². The van der Waals surface area contributed by atoms with Crippen LogP contribution in [0.5, 0.6) is 0 Å². The second kappa shape index (κ2) is 4.79. The monoisotopic (exact) mass is 294 g/mol. The molecule has 1 heterocycles. The molecule has 0 bridgehead atoms. The minimum atomic E-state index is 0.743. The van der Waals surface area contributed by atoms with Crippen LogP contribution in [0.3, 0.4) is 0 Å². The lowest BCUT2D eigenvalue weighted by molar-refractivity contribution is 0.734. The van der Waals surface area contributed by atoms with E-state index in [1.54, 1.807) is 4.68 Å². The molecule has 0 atom stereocenters. The van der Waals surface area contributed by atoms with E-state index in [4.69, 9.17) is 5.73 Å². The number of hydrogen-bond donors (Lipinski definition) is 1. The van der Waals surface area contributed by atoms with E-state index in [0.717, 1.165) is 28.1 Å². The Morgan fingerprint density at radius 3 is 2.76 bits per heavy atom. The van der Waals surface area contributed by atoms with Gasteiger partial charge in [0.05, 0.1) is 23.6 Å². The first-order chi connectivity index (χ1) is 8.06. The van der Waals surface area contributed by atoms with Crippen molar-refractivity contribution >= 4 is 27.3 Å². The molecule has 2 N–H and O–H groups in total.